The maximum atomic E-state index is 11.9. The van der Waals surface area contributed by atoms with Gasteiger partial charge in [-0.1, -0.05) is 47.2 Å². The standard InChI is InChI=1S/C17H22O2S/c1-13(2)7-6-8-14(3)11-12-20-17(19)15-9-4-5-10-16(15)18/h4-5,7,9-11,18H,6,8,12H2,1-3H3/b14-11+. The maximum absolute atomic E-state index is 11.9. The Bertz CT molecular complexity index is 511. The van der Waals surface area contributed by atoms with Gasteiger partial charge in [0.05, 0.1) is 5.56 Å². The lowest BCUT2D eigenvalue weighted by atomic mass is 10.1. The number of thioether (sulfide) groups is 1. The largest absolute Gasteiger partial charge is 0.507 e. The molecule has 0 unspecified atom stereocenters. The van der Waals surface area contributed by atoms with Gasteiger partial charge in [0.15, 0.2) is 0 Å². The number of para-hydroxylation sites is 1. The van der Waals surface area contributed by atoms with E-state index in [1.807, 2.05) is 0 Å². The molecule has 1 N–H and O–H groups in total. The van der Waals surface area contributed by atoms with Gasteiger partial charge in [-0.15, -0.1) is 0 Å². The van der Waals surface area contributed by atoms with Crippen LogP contribution in [-0.4, -0.2) is 16.0 Å². The van der Waals surface area contributed by atoms with Crippen molar-refractivity contribution < 1.29 is 9.90 Å². The SMILES string of the molecule is CC(C)=CCC/C(C)=C/CSC(=O)c1ccccc1O. The van der Waals surface area contributed by atoms with E-state index in [9.17, 15) is 9.90 Å². The lowest BCUT2D eigenvalue weighted by Crippen LogP contribution is -1.94. The van der Waals surface area contributed by atoms with Crippen LogP contribution in [0, 0.1) is 0 Å². The predicted octanol–water partition coefficient (Wildman–Crippen LogP) is 4.96. The lowest BCUT2D eigenvalue weighted by Gasteiger charge is -2.02. The zero-order valence-electron chi connectivity index (χ0n) is 12.3. The first-order chi connectivity index (χ1) is 9.50. The summed E-state index contributed by atoms with van der Waals surface area (Å²) in [4.78, 5) is 11.9. The van der Waals surface area contributed by atoms with Crippen LogP contribution in [0.3, 0.4) is 0 Å². The first-order valence-electron chi connectivity index (χ1n) is 6.75. The lowest BCUT2D eigenvalue weighted by molar-refractivity contribution is 0.108. The van der Waals surface area contributed by atoms with Crippen molar-refractivity contribution >= 4 is 16.9 Å². The van der Waals surface area contributed by atoms with E-state index < -0.39 is 0 Å². The molecule has 0 fully saturated rings. The van der Waals surface area contributed by atoms with Crippen LogP contribution in [-0.2, 0) is 0 Å². The molecule has 0 spiro atoms. The molecule has 20 heavy (non-hydrogen) atoms. The summed E-state index contributed by atoms with van der Waals surface area (Å²) in [7, 11) is 0. The van der Waals surface area contributed by atoms with Crippen molar-refractivity contribution in [3.8, 4) is 5.75 Å². The van der Waals surface area contributed by atoms with E-state index in [0.29, 0.717) is 11.3 Å². The summed E-state index contributed by atoms with van der Waals surface area (Å²) in [5.41, 5.74) is 3.01. The molecule has 3 heteroatoms. The minimum absolute atomic E-state index is 0.0502. The summed E-state index contributed by atoms with van der Waals surface area (Å²) in [5, 5.41) is 9.51. The Morgan fingerprint density at radius 1 is 1.20 bits per heavy atom. The summed E-state index contributed by atoms with van der Waals surface area (Å²) in [6.07, 6.45) is 6.37. The molecule has 1 aromatic rings. The maximum Gasteiger partial charge on any atom is 0.223 e. The highest BCUT2D eigenvalue weighted by molar-refractivity contribution is 8.14. The number of benzene rings is 1. The predicted molar refractivity (Wildman–Crippen MR) is 87.3 cm³/mol. The zero-order valence-corrected chi connectivity index (χ0v) is 13.2. The van der Waals surface area contributed by atoms with E-state index in [1.54, 1.807) is 18.2 Å². The fourth-order valence-corrected chi connectivity index (χ4v) is 2.52. The number of aromatic hydroxyl groups is 1. The highest BCUT2D eigenvalue weighted by Gasteiger charge is 2.09. The van der Waals surface area contributed by atoms with Crippen LogP contribution in [0.1, 0.15) is 44.0 Å². The zero-order chi connectivity index (χ0) is 15.0. The molecule has 1 aromatic carbocycles. The van der Waals surface area contributed by atoms with Gasteiger partial charge >= 0.3 is 0 Å². The topological polar surface area (TPSA) is 37.3 Å². The van der Waals surface area contributed by atoms with Crippen molar-refractivity contribution in [1.29, 1.82) is 0 Å². The van der Waals surface area contributed by atoms with Crippen molar-refractivity contribution in [3.05, 3.63) is 53.1 Å². The van der Waals surface area contributed by atoms with Crippen LogP contribution >= 0.6 is 11.8 Å². The molecule has 0 aliphatic heterocycles. The van der Waals surface area contributed by atoms with Crippen LogP contribution in [0.15, 0.2) is 47.6 Å². The first kappa shape index (κ1) is 16.6. The molecule has 0 saturated carbocycles. The molecule has 0 heterocycles. The number of hydrogen-bond donors (Lipinski definition) is 1. The number of rotatable bonds is 6. The Hall–Kier alpha value is -1.48. The molecule has 0 aromatic heterocycles. The summed E-state index contributed by atoms with van der Waals surface area (Å²) in [6, 6.07) is 6.66. The quantitative estimate of drug-likeness (QED) is 0.752. The molecule has 0 bridgehead atoms. The number of hydrogen-bond acceptors (Lipinski definition) is 3. The van der Waals surface area contributed by atoms with E-state index in [-0.39, 0.29) is 10.9 Å². The van der Waals surface area contributed by atoms with Gasteiger partial charge in [-0.05, 0) is 45.7 Å². The second-order valence-corrected chi connectivity index (χ2v) is 5.98. The molecule has 0 radical (unpaired) electrons. The van der Waals surface area contributed by atoms with Gasteiger partial charge in [0.1, 0.15) is 5.75 Å². The first-order valence-corrected chi connectivity index (χ1v) is 7.73. The average molecular weight is 290 g/mol. The molecule has 108 valence electrons. The van der Waals surface area contributed by atoms with Crippen molar-refractivity contribution in [2.75, 3.05) is 5.75 Å². The van der Waals surface area contributed by atoms with Gasteiger partial charge < -0.3 is 5.11 Å². The molecule has 0 atom stereocenters. The number of carbonyl (C=O) groups is 1. The van der Waals surface area contributed by atoms with Crippen molar-refractivity contribution in [2.24, 2.45) is 0 Å². The Morgan fingerprint density at radius 2 is 1.90 bits per heavy atom. The van der Waals surface area contributed by atoms with E-state index in [4.69, 9.17) is 0 Å². The van der Waals surface area contributed by atoms with E-state index >= 15 is 0 Å². The van der Waals surface area contributed by atoms with Gasteiger partial charge in [-0.3, -0.25) is 4.79 Å². The molecule has 0 saturated heterocycles. The van der Waals surface area contributed by atoms with E-state index in [0.717, 1.165) is 12.8 Å². The average Bonchev–Trinajstić information content (AvgIpc) is 2.38. The molecule has 0 amide bonds. The Morgan fingerprint density at radius 3 is 2.55 bits per heavy atom. The number of allylic oxidation sites excluding steroid dienone is 3. The molecule has 1 rings (SSSR count). The third-order valence-corrected chi connectivity index (χ3v) is 3.68. The Kier molecular flexibility index (Phi) is 7.16. The van der Waals surface area contributed by atoms with Crippen LogP contribution < -0.4 is 0 Å². The minimum Gasteiger partial charge on any atom is -0.507 e. The third-order valence-electron chi connectivity index (χ3n) is 2.86. The minimum atomic E-state index is -0.0866. The molecular weight excluding hydrogens is 268 g/mol. The second kappa shape index (κ2) is 8.64. The third kappa shape index (κ3) is 6.11. The fraction of sp³-hybridized carbons (Fsp3) is 0.353. The normalized spacial score (nSPS) is 11.2. The fourth-order valence-electron chi connectivity index (χ4n) is 1.67. The number of phenolic OH excluding ortho intramolecular Hbond substituents is 1. The van der Waals surface area contributed by atoms with Crippen LogP contribution in [0.2, 0.25) is 0 Å². The summed E-state index contributed by atoms with van der Waals surface area (Å²) < 4.78 is 0. The molecule has 0 aliphatic carbocycles. The van der Waals surface area contributed by atoms with E-state index in [2.05, 4.69) is 32.9 Å². The smallest absolute Gasteiger partial charge is 0.223 e. The van der Waals surface area contributed by atoms with Crippen molar-refractivity contribution in [1.82, 2.24) is 0 Å². The van der Waals surface area contributed by atoms with Gasteiger partial charge in [0.2, 0.25) is 5.12 Å². The van der Waals surface area contributed by atoms with E-state index in [1.165, 1.54) is 29.0 Å². The van der Waals surface area contributed by atoms with Gasteiger partial charge in [0.25, 0.3) is 0 Å². The summed E-state index contributed by atoms with van der Waals surface area (Å²) >= 11 is 1.22. The number of phenols is 1. The second-order valence-electron chi connectivity index (χ2n) is 4.99. The highest BCUT2D eigenvalue weighted by atomic mass is 32.2. The Balaban J connectivity index is 2.42. The number of carbonyl (C=O) groups excluding carboxylic acids is 1. The van der Waals surface area contributed by atoms with Gasteiger partial charge in [-0.25, -0.2) is 0 Å². The molecule has 0 aliphatic rings. The Labute approximate surface area is 125 Å². The van der Waals surface area contributed by atoms with Crippen LogP contribution in [0.25, 0.3) is 0 Å². The van der Waals surface area contributed by atoms with Gasteiger partial charge in [0, 0.05) is 5.75 Å². The van der Waals surface area contributed by atoms with Crippen molar-refractivity contribution in [2.45, 2.75) is 33.6 Å². The monoisotopic (exact) mass is 290 g/mol. The summed E-state index contributed by atoms with van der Waals surface area (Å²) in [6.45, 7) is 6.28. The van der Waals surface area contributed by atoms with Gasteiger partial charge in [-0.2, -0.15) is 0 Å². The van der Waals surface area contributed by atoms with Crippen molar-refractivity contribution in [3.63, 3.8) is 0 Å². The van der Waals surface area contributed by atoms with Crippen LogP contribution in [0.5, 0.6) is 5.75 Å². The molecule has 2 nitrogen and oxygen atoms in total. The van der Waals surface area contributed by atoms with Crippen LogP contribution in [0.4, 0.5) is 0 Å². The molecular formula is C17H22O2S. The highest BCUT2D eigenvalue weighted by Crippen LogP contribution is 2.22. The summed E-state index contributed by atoms with van der Waals surface area (Å²) in [5.74, 6) is 0.697.